The Bertz CT molecular complexity index is 1500. The fourth-order valence-electron chi connectivity index (χ4n) is 4.87. The maximum Gasteiger partial charge on any atom is 0.337 e. The molecule has 1 aromatic heterocycles. The molecule has 41 heavy (non-hydrogen) atoms. The minimum Gasteiger partial charge on any atom is -0.478 e. The van der Waals surface area contributed by atoms with Crippen LogP contribution in [0.15, 0.2) is 72.1 Å². The van der Waals surface area contributed by atoms with Gasteiger partial charge in [0.15, 0.2) is 5.13 Å². The van der Waals surface area contributed by atoms with Crippen LogP contribution in [-0.2, 0) is 0 Å². The molecule has 1 aliphatic heterocycles. The molecule has 0 unspecified atom stereocenters. The molecule has 0 aliphatic carbocycles. The number of aromatic nitrogens is 1. The fraction of sp³-hybridized carbons (Fsp3) is 0.258. The molecule has 0 saturated carbocycles. The molecule has 1 saturated heterocycles. The summed E-state index contributed by atoms with van der Waals surface area (Å²) in [6, 6.07) is 20.4. The van der Waals surface area contributed by atoms with Crippen molar-refractivity contribution in [3.63, 3.8) is 0 Å². The molecule has 1 amide bonds. The van der Waals surface area contributed by atoms with Crippen LogP contribution in [0.2, 0.25) is 5.02 Å². The number of rotatable bonds is 8. The largest absolute Gasteiger partial charge is 0.478 e. The van der Waals surface area contributed by atoms with Gasteiger partial charge in [-0.25, -0.2) is 9.78 Å². The third-order valence-electron chi connectivity index (χ3n) is 6.97. The van der Waals surface area contributed by atoms with Gasteiger partial charge >= 0.3 is 5.97 Å². The number of piperidine rings is 1. The van der Waals surface area contributed by atoms with Crippen LogP contribution in [0.4, 0.5) is 22.2 Å². The van der Waals surface area contributed by atoms with Crippen molar-refractivity contribution in [1.82, 2.24) is 4.98 Å². The van der Waals surface area contributed by atoms with Gasteiger partial charge in [-0.3, -0.25) is 4.79 Å². The molecule has 7 nitrogen and oxygen atoms in total. The van der Waals surface area contributed by atoms with Gasteiger partial charge in [-0.15, -0.1) is 23.7 Å². The lowest BCUT2D eigenvalue weighted by atomic mass is 10.1. The van der Waals surface area contributed by atoms with E-state index in [0.717, 1.165) is 35.2 Å². The summed E-state index contributed by atoms with van der Waals surface area (Å²) in [5, 5.41) is 15.2. The third kappa shape index (κ3) is 7.01. The van der Waals surface area contributed by atoms with E-state index in [1.807, 2.05) is 72.7 Å². The van der Waals surface area contributed by atoms with Crippen LogP contribution in [0.1, 0.15) is 53.8 Å². The molecule has 214 valence electrons. The van der Waals surface area contributed by atoms with Gasteiger partial charge in [-0.1, -0.05) is 23.7 Å². The number of carboxylic acids is 1. The van der Waals surface area contributed by atoms with E-state index in [1.165, 1.54) is 42.4 Å². The van der Waals surface area contributed by atoms with Gasteiger partial charge in [-0.05, 0) is 87.7 Å². The van der Waals surface area contributed by atoms with Crippen LogP contribution in [0.3, 0.4) is 0 Å². The first-order valence-corrected chi connectivity index (χ1v) is 14.6. The van der Waals surface area contributed by atoms with E-state index in [4.69, 9.17) is 16.6 Å². The molecule has 2 heterocycles. The van der Waals surface area contributed by atoms with Crippen LogP contribution in [0, 0.1) is 0 Å². The van der Waals surface area contributed by atoms with Gasteiger partial charge < -0.3 is 20.2 Å². The number of hydrogen-bond acceptors (Lipinski definition) is 6. The number of hydrogen-bond donors (Lipinski definition) is 2. The standard InChI is InChI=1S/C31H31ClN4O3S.ClH/c1-20(2)36(25-14-15-26(30(38)39)27(32)18-25)31-34-28(19-40-31)21-6-10-23(11-7-21)33-29(37)22-8-12-24(13-9-22)35-16-4-3-5-17-35;/h6-15,18-20H,3-5,16-17H2,1-2H3,(H,33,37)(H,38,39);1H. The van der Waals surface area contributed by atoms with E-state index >= 15 is 0 Å². The first-order valence-electron chi connectivity index (χ1n) is 13.3. The highest BCUT2D eigenvalue weighted by molar-refractivity contribution is 7.14. The lowest BCUT2D eigenvalue weighted by molar-refractivity contribution is 0.0697. The Balaban J connectivity index is 0.00000387. The molecule has 2 N–H and O–H groups in total. The summed E-state index contributed by atoms with van der Waals surface area (Å²) in [4.78, 5) is 33.4. The Morgan fingerprint density at radius 2 is 1.68 bits per heavy atom. The van der Waals surface area contributed by atoms with Gasteiger partial charge in [0.25, 0.3) is 5.91 Å². The Labute approximate surface area is 255 Å². The quantitative estimate of drug-likeness (QED) is 0.208. The van der Waals surface area contributed by atoms with Gasteiger partial charge in [0.2, 0.25) is 0 Å². The van der Waals surface area contributed by atoms with E-state index in [9.17, 15) is 14.7 Å². The number of amides is 1. The summed E-state index contributed by atoms with van der Waals surface area (Å²) in [6.45, 7) is 6.22. The maximum atomic E-state index is 12.8. The summed E-state index contributed by atoms with van der Waals surface area (Å²) < 4.78 is 0. The predicted molar refractivity (Wildman–Crippen MR) is 171 cm³/mol. The number of aromatic carboxylic acids is 1. The first kappa shape index (κ1) is 30.4. The third-order valence-corrected chi connectivity index (χ3v) is 8.12. The van der Waals surface area contributed by atoms with Crippen LogP contribution in [-0.4, -0.2) is 41.1 Å². The zero-order valence-electron chi connectivity index (χ0n) is 22.8. The van der Waals surface area contributed by atoms with Gasteiger partial charge in [0.05, 0.1) is 16.3 Å². The number of anilines is 4. The summed E-state index contributed by atoms with van der Waals surface area (Å²) in [6.07, 6.45) is 3.72. The molecule has 1 fully saturated rings. The summed E-state index contributed by atoms with van der Waals surface area (Å²) >= 11 is 7.73. The first-order chi connectivity index (χ1) is 19.3. The zero-order chi connectivity index (χ0) is 28.2. The minimum absolute atomic E-state index is 0. The minimum atomic E-state index is -1.06. The molecule has 0 radical (unpaired) electrons. The topological polar surface area (TPSA) is 85.8 Å². The maximum absolute atomic E-state index is 12.8. The lowest BCUT2D eigenvalue weighted by Crippen LogP contribution is -2.29. The second-order valence-electron chi connectivity index (χ2n) is 10.1. The summed E-state index contributed by atoms with van der Waals surface area (Å²) in [5.74, 6) is -1.20. The van der Waals surface area contributed by atoms with Crippen molar-refractivity contribution in [3.05, 3.63) is 88.3 Å². The number of halogens is 2. The lowest BCUT2D eigenvalue weighted by Gasteiger charge is -2.28. The number of benzene rings is 3. The van der Waals surface area contributed by atoms with Crippen LogP contribution in [0.25, 0.3) is 11.3 Å². The second-order valence-corrected chi connectivity index (χ2v) is 11.3. The normalized spacial score (nSPS) is 13.0. The Hall–Kier alpha value is -3.59. The van der Waals surface area contributed by atoms with Crippen molar-refractivity contribution in [2.24, 2.45) is 0 Å². The number of carboxylic acid groups (broad SMARTS) is 1. The predicted octanol–water partition coefficient (Wildman–Crippen LogP) is 8.37. The highest BCUT2D eigenvalue weighted by Crippen LogP contribution is 2.36. The van der Waals surface area contributed by atoms with Crippen LogP contribution >= 0.6 is 35.3 Å². The van der Waals surface area contributed by atoms with E-state index < -0.39 is 5.97 Å². The smallest absolute Gasteiger partial charge is 0.337 e. The van der Waals surface area contributed by atoms with E-state index in [-0.39, 0.29) is 34.9 Å². The Morgan fingerprint density at radius 1 is 1.00 bits per heavy atom. The molecule has 0 atom stereocenters. The molecule has 3 aromatic carbocycles. The Kier molecular flexibility index (Phi) is 9.91. The van der Waals surface area contributed by atoms with Gasteiger partial charge in [0.1, 0.15) is 0 Å². The fourth-order valence-corrected chi connectivity index (χ4v) is 6.11. The van der Waals surface area contributed by atoms with Gasteiger partial charge in [-0.2, -0.15) is 0 Å². The van der Waals surface area contributed by atoms with E-state index in [2.05, 4.69) is 10.2 Å². The number of nitrogens with zero attached hydrogens (tertiary/aromatic N) is 3. The molecule has 0 bridgehead atoms. The highest BCUT2D eigenvalue weighted by atomic mass is 35.5. The average Bonchev–Trinajstić information content (AvgIpc) is 3.43. The number of thiazole rings is 1. The van der Waals surface area contributed by atoms with Crippen molar-refractivity contribution in [2.45, 2.75) is 39.2 Å². The number of nitrogens with one attached hydrogen (secondary N) is 1. The molecular formula is C31H32Cl2N4O3S. The second kappa shape index (κ2) is 13.4. The van der Waals surface area contributed by atoms with E-state index in [0.29, 0.717) is 11.3 Å². The highest BCUT2D eigenvalue weighted by Gasteiger charge is 2.20. The van der Waals surface area contributed by atoms with Crippen molar-refractivity contribution >= 4 is 69.4 Å². The van der Waals surface area contributed by atoms with Gasteiger partial charge in [0, 0.05) is 52.7 Å². The molecule has 5 rings (SSSR count). The zero-order valence-corrected chi connectivity index (χ0v) is 25.2. The molecule has 1 aliphatic rings. The van der Waals surface area contributed by atoms with Crippen molar-refractivity contribution in [2.75, 3.05) is 28.2 Å². The molecule has 4 aromatic rings. The van der Waals surface area contributed by atoms with Crippen molar-refractivity contribution in [3.8, 4) is 11.3 Å². The average molecular weight is 612 g/mol. The number of carbonyl (C=O) groups excluding carboxylic acids is 1. The summed E-state index contributed by atoms with van der Waals surface area (Å²) in [7, 11) is 0. The SMILES string of the molecule is CC(C)N(c1ccc(C(=O)O)c(Cl)c1)c1nc(-c2ccc(NC(=O)c3ccc(N4CCCCC4)cc3)cc2)cs1.Cl. The Morgan fingerprint density at radius 3 is 2.29 bits per heavy atom. The van der Waals surface area contributed by atoms with E-state index in [1.54, 1.807) is 12.1 Å². The van der Waals surface area contributed by atoms with Crippen molar-refractivity contribution in [1.29, 1.82) is 0 Å². The summed E-state index contributed by atoms with van der Waals surface area (Å²) in [5.41, 5.74) is 5.07. The molecule has 0 spiro atoms. The molecular weight excluding hydrogens is 579 g/mol. The number of carbonyl (C=O) groups is 2. The van der Waals surface area contributed by atoms with Crippen LogP contribution < -0.4 is 15.1 Å². The molecule has 10 heteroatoms. The van der Waals surface area contributed by atoms with Crippen LogP contribution in [0.5, 0.6) is 0 Å². The van der Waals surface area contributed by atoms with Crippen molar-refractivity contribution < 1.29 is 14.7 Å². The monoisotopic (exact) mass is 610 g/mol.